The van der Waals surface area contributed by atoms with Gasteiger partial charge in [-0.2, -0.15) is 13.2 Å². The largest absolute Gasteiger partial charge is 0.416 e. The van der Waals surface area contributed by atoms with Crippen LogP contribution in [0.2, 0.25) is 0 Å². The van der Waals surface area contributed by atoms with Crippen molar-refractivity contribution in [3.63, 3.8) is 0 Å². The third-order valence-electron chi connectivity index (χ3n) is 5.18. The van der Waals surface area contributed by atoms with Gasteiger partial charge in [-0.25, -0.2) is 0 Å². The van der Waals surface area contributed by atoms with E-state index in [-0.39, 0.29) is 5.56 Å². The van der Waals surface area contributed by atoms with E-state index in [1.165, 1.54) is 31.4 Å². The summed E-state index contributed by atoms with van der Waals surface area (Å²) in [5.74, 6) is 0. The van der Waals surface area contributed by atoms with E-state index in [0.29, 0.717) is 11.4 Å². The standard InChI is InChI=1S/C22H21F3N2.C5H12/c1-14-8-4-5-9-18(14)16(3)27-17-12-15(2)26-21(13-17)19-10-6-7-11-20(19)22(23,24)25;1-3-5-4-2/h4-13,21,26-27H,3H2,1-2H3;3-5H2,1-2H3. The predicted molar refractivity (Wildman–Crippen MR) is 128 cm³/mol. The van der Waals surface area contributed by atoms with Crippen molar-refractivity contribution in [2.24, 2.45) is 0 Å². The van der Waals surface area contributed by atoms with Crippen LogP contribution < -0.4 is 10.6 Å². The van der Waals surface area contributed by atoms with Crippen molar-refractivity contribution in [1.82, 2.24) is 10.6 Å². The molecule has 0 fully saturated rings. The highest BCUT2D eigenvalue weighted by molar-refractivity contribution is 5.66. The van der Waals surface area contributed by atoms with E-state index in [2.05, 4.69) is 31.1 Å². The Balaban J connectivity index is 0.000000654. The molecule has 172 valence electrons. The van der Waals surface area contributed by atoms with Crippen LogP contribution in [0.1, 0.15) is 68.3 Å². The van der Waals surface area contributed by atoms with Crippen molar-refractivity contribution in [3.8, 4) is 0 Å². The molecule has 0 saturated carbocycles. The summed E-state index contributed by atoms with van der Waals surface area (Å²) in [5, 5.41) is 6.35. The van der Waals surface area contributed by atoms with E-state index in [0.717, 1.165) is 22.9 Å². The normalized spacial score (nSPS) is 15.5. The zero-order chi connectivity index (χ0) is 23.7. The number of unbranched alkanes of at least 4 members (excludes halogenated alkanes) is 2. The molecule has 0 bridgehead atoms. The minimum atomic E-state index is -4.40. The van der Waals surface area contributed by atoms with E-state index in [1.807, 2.05) is 44.2 Å². The molecule has 1 unspecified atom stereocenters. The maximum atomic E-state index is 13.4. The molecule has 2 nitrogen and oxygen atoms in total. The maximum absolute atomic E-state index is 13.4. The lowest BCUT2D eigenvalue weighted by Crippen LogP contribution is -2.26. The summed E-state index contributed by atoms with van der Waals surface area (Å²) in [6, 6.07) is 12.9. The van der Waals surface area contributed by atoms with Gasteiger partial charge in [0.05, 0.1) is 11.6 Å². The fraction of sp³-hybridized carbons (Fsp3) is 0.333. The summed E-state index contributed by atoms with van der Waals surface area (Å²) in [5.41, 5.74) is 3.79. The number of rotatable bonds is 6. The molecule has 1 atom stereocenters. The van der Waals surface area contributed by atoms with Crippen LogP contribution in [-0.2, 0) is 6.18 Å². The average molecular weight is 443 g/mol. The second-order valence-corrected chi connectivity index (χ2v) is 7.93. The van der Waals surface area contributed by atoms with Gasteiger partial charge >= 0.3 is 6.18 Å². The Morgan fingerprint density at radius 3 is 2.22 bits per heavy atom. The fourth-order valence-electron chi connectivity index (χ4n) is 3.57. The zero-order valence-corrected chi connectivity index (χ0v) is 19.3. The summed E-state index contributed by atoms with van der Waals surface area (Å²) in [4.78, 5) is 0. The molecule has 2 aromatic carbocycles. The van der Waals surface area contributed by atoms with Crippen LogP contribution in [0.25, 0.3) is 5.70 Å². The Labute approximate surface area is 189 Å². The molecular formula is C27H33F3N2. The number of halogens is 3. The number of hydrogen-bond acceptors (Lipinski definition) is 2. The minimum absolute atomic E-state index is 0.193. The molecule has 1 aliphatic rings. The van der Waals surface area contributed by atoms with Gasteiger partial charge in [0, 0.05) is 22.7 Å². The second kappa shape index (κ2) is 11.6. The Morgan fingerprint density at radius 2 is 1.62 bits per heavy atom. The molecule has 5 heteroatoms. The lowest BCUT2D eigenvalue weighted by Gasteiger charge is -2.26. The third kappa shape index (κ3) is 7.04. The van der Waals surface area contributed by atoms with E-state index < -0.39 is 17.8 Å². The van der Waals surface area contributed by atoms with Gasteiger partial charge in [-0.15, -0.1) is 0 Å². The quantitative estimate of drug-likeness (QED) is 0.475. The summed E-state index contributed by atoms with van der Waals surface area (Å²) < 4.78 is 40.1. The average Bonchev–Trinajstić information content (AvgIpc) is 2.74. The SMILES string of the molecule is C=C(NC1=CC(c2ccccc2C(F)(F)F)NC(C)=C1)c1ccccc1C.CCCCC. The first-order valence-corrected chi connectivity index (χ1v) is 11.0. The smallest absolute Gasteiger partial charge is 0.378 e. The van der Waals surface area contributed by atoms with E-state index in [9.17, 15) is 13.2 Å². The molecule has 2 aromatic rings. The van der Waals surface area contributed by atoms with E-state index in [1.54, 1.807) is 12.1 Å². The van der Waals surface area contributed by atoms with Crippen molar-refractivity contribution in [2.75, 3.05) is 0 Å². The monoisotopic (exact) mass is 442 g/mol. The lowest BCUT2D eigenvalue weighted by molar-refractivity contribution is -0.138. The predicted octanol–water partition coefficient (Wildman–Crippen LogP) is 7.90. The molecule has 0 aromatic heterocycles. The van der Waals surface area contributed by atoms with Crippen LogP contribution in [0, 0.1) is 6.92 Å². The van der Waals surface area contributed by atoms with Gasteiger partial charge in [-0.1, -0.05) is 82.2 Å². The van der Waals surface area contributed by atoms with Gasteiger partial charge in [0.2, 0.25) is 0 Å². The fourth-order valence-corrected chi connectivity index (χ4v) is 3.57. The lowest BCUT2D eigenvalue weighted by atomic mass is 9.96. The molecule has 0 aliphatic carbocycles. The van der Waals surface area contributed by atoms with Crippen LogP contribution in [0.15, 0.2) is 78.7 Å². The number of aryl methyl sites for hydroxylation is 1. The first-order chi connectivity index (χ1) is 15.2. The van der Waals surface area contributed by atoms with Gasteiger partial charge in [-0.3, -0.25) is 0 Å². The van der Waals surface area contributed by atoms with Crippen LogP contribution in [0.3, 0.4) is 0 Å². The van der Waals surface area contributed by atoms with Crippen molar-refractivity contribution >= 4 is 5.70 Å². The Bertz CT molecular complexity index is 969. The highest BCUT2D eigenvalue weighted by atomic mass is 19.4. The minimum Gasteiger partial charge on any atom is -0.378 e. The van der Waals surface area contributed by atoms with Crippen molar-refractivity contribution in [2.45, 2.75) is 59.2 Å². The number of nitrogens with one attached hydrogen (secondary N) is 2. The highest BCUT2D eigenvalue weighted by Crippen LogP contribution is 2.36. The van der Waals surface area contributed by atoms with E-state index >= 15 is 0 Å². The number of alkyl halides is 3. The van der Waals surface area contributed by atoms with Gasteiger partial charge in [0.1, 0.15) is 0 Å². The molecule has 32 heavy (non-hydrogen) atoms. The number of dihydropyridines is 1. The van der Waals surface area contributed by atoms with Gasteiger partial charge in [0.25, 0.3) is 0 Å². The number of allylic oxidation sites excluding steroid dienone is 2. The molecule has 1 aliphatic heterocycles. The van der Waals surface area contributed by atoms with Crippen molar-refractivity contribution < 1.29 is 13.2 Å². The van der Waals surface area contributed by atoms with Crippen molar-refractivity contribution in [1.29, 1.82) is 0 Å². The number of benzene rings is 2. The molecule has 0 radical (unpaired) electrons. The van der Waals surface area contributed by atoms with Crippen LogP contribution in [-0.4, -0.2) is 0 Å². The summed E-state index contributed by atoms with van der Waals surface area (Å²) in [6.07, 6.45) is 3.28. The molecular weight excluding hydrogens is 409 g/mol. The molecule has 2 N–H and O–H groups in total. The molecule has 0 saturated heterocycles. The Morgan fingerprint density at radius 1 is 1.00 bits per heavy atom. The maximum Gasteiger partial charge on any atom is 0.416 e. The second-order valence-electron chi connectivity index (χ2n) is 7.93. The molecule has 0 spiro atoms. The highest BCUT2D eigenvalue weighted by Gasteiger charge is 2.35. The van der Waals surface area contributed by atoms with Gasteiger partial charge in [-0.05, 0) is 43.2 Å². The van der Waals surface area contributed by atoms with Gasteiger partial charge in [0.15, 0.2) is 0 Å². The first-order valence-electron chi connectivity index (χ1n) is 11.0. The third-order valence-corrected chi connectivity index (χ3v) is 5.18. The van der Waals surface area contributed by atoms with Crippen LogP contribution in [0.4, 0.5) is 13.2 Å². The van der Waals surface area contributed by atoms with E-state index in [4.69, 9.17) is 0 Å². The van der Waals surface area contributed by atoms with Crippen LogP contribution in [0.5, 0.6) is 0 Å². The Hall–Kier alpha value is -2.95. The van der Waals surface area contributed by atoms with Crippen LogP contribution >= 0.6 is 0 Å². The Kier molecular flexibility index (Phi) is 9.18. The topological polar surface area (TPSA) is 24.1 Å². The summed E-state index contributed by atoms with van der Waals surface area (Å²) in [7, 11) is 0. The molecule has 1 heterocycles. The van der Waals surface area contributed by atoms with Gasteiger partial charge < -0.3 is 10.6 Å². The first kappa shape index (κ1) is 25.3. The molecule has 0 amide bonds. The number of hydrogen-bond donors (Lipinski definition) is 2. The summed E-state index contributed by atoms with van der Waals surface area (Å²) in [6.45, 7) is 12.3. The zero-order valence-electron chi connectivity index (χ0n) is 19.3. The summed E-state index contributed by atoms with van der Waals surface area (Å²) >= 11 is 0. The molecule has 3 rings (SSSR count). The van der Waals surface area contributed by atoms with Crippen molar-refractivity contribution in [3.05, 3.63) is 101 Å².